The van der Waals surface area contributed by atoms with Crippen LogP contribution in [-0.2, 0) is 24.3 Å². The topological polar surface area (TPSA) is 163 Å². The van der Waals surface area contributed by atoms with Gasteiger partial charge in [0.05, 0.1) is 24.7 Å². The summed E-state index contributed by atoms with van der Waals surface area (Å²) in [6, 6.07) is -0.761. The van der Waals surface area contributed by atoms with E-state index in [1.807, 2.05) is 12.3 Å². The van der Waals surface area contributed by atoms with E-state index in [2.05, 4.69) is 20.0 Å². The lowest BCUT2D eigenvalue weighted by molar-refractivity contribution is -0.129. The number of carbonyl (C=O) groups is 3. The molecule has 3 N–H and O–H groups in total. The number of fused-ring (bicyclic) bond motifs is 2. The molecule has 1 aromatic rings. The molecule has 1 aromatic heterocycles. The minimum Gasteiger partial charge on any atom is -0.347 e. The summed E-state index contributed by atoms with van der Waals surface area (Å²) in [5.74, 6) is -0.666. The smallest absolute Gasteiger partial charge is 0.347 e. The molecule has 3 aliphatic heterocycles. The van der Waals surface area contributed by atoms with Crippen molar-refractivity contribution in [1.82, 2.24) is 30.4 Å². The van der Waals surface area contributed by atoms with Crippen LogP contribution in [0, 0.1) is 0 Å². The van der Waals surface area contributed by atoms with Gasteiger partial charge in [0.25, 0.3) is 0 Å². The van der Waals surface area contributed by atoms with Gasteiger partial charge in [0.1, 0.15) is 6.04 Å². The fourth-order valence-electron chi connectivity index (χ4n) is 4.18. The number of hydrogen-bond acceptors (Lipinski definition) is 8. The highest BCUT2D eigenvalue weighted by Crippen LogP contribution is 2.30. The summed E-state index contributed by atoms with van der Waals surface area (Å²) in [5, 5.41) is 10.5. The van der Waals surface area contributed by atoms with Crippen molar-refractivity contribution in [2.45, 2.75) is 43.4 Å². The van der Waals surface area contributed by atoms with E-state index in [4.69, 9.17) is 4.55 Å². The molecular formula is C16H22N6O7S. The Morgan fingerprint density at radius 3 is 2.83 bits per heavy atom. The number of hydroxylamine groups is 2. The minimum atomic E-state index is -4.85. The molecule has 0 aromatic carbocycles. The van der Waals surface area contributed by atoms with E-state index >= 15 is 0 Å². The Morgan fingerprint density at radius 1 is 1.33 bits per heavy atom. The van der Waals surface area contributed by atoms with Crippen molar-refractivity contribution in [2.75, 3.05) is 19.6 Å². The van der Waals surface area contributed by atoms with Crippen molar-refractivity contribution in [2.24, 2.45) is 0 Å². The number of nitrogens with zero attached hydrogens (tertiary/aromatic N) is 4. The van der Waals surface area contributed by atoms with Crippen LogP contribution < -0.4 is 10.6 Å². The Morgan fingerprint density at radius 2 is 2.13 bits per heavy atom. The Balaban J connectivity index is 1.29. The SMILES string of the molecule is O=C(CNC(=O)[C@@H]1CC[C@@H]2CN1C(=O)N2OS(=O)(=O)O)[C@@H]1C[C@@H](n2cccn2)CN1. The molecular weight excluding hydrogens is 420 g/mol. The highest BCUT2D eigenvalue weighted by atomic mass is 32.3. The molecule has 0 aliphatic carbocycles. The molecule has 3 saturated heterocycles. The van der Waals surface area contributed by atoms with Crippen LogP contribution in [0.5, 0.6) is 0 Å². The summed E-state index contributed by atoms with van der Waals surface area (Å²) in [6.07, 6.45) is 4.67. The van der Waals surface area contributed by atoms with Crippen LogP contribution in [0.25, 0.3) is 0 Å². The molecule has 30 heavy (non-hydrogen) atoms. The maximum Gasteiger partial charge on any atom is 0.418 e. The van der Waals surface area contributed by atoms with Gasteiger partial charge in [-0.3, -0.25) is 18.8 Å². The first kappa shape index (κ1) is 20.7. The summed E-state index contributed by atoms with van der Waals surface area (Å²) in [6.45, 7) is 0.508. The summed E-state index contributed by atoms with van der Waals surface area (Å²) < 4.78 is 36.8. The molecule has 4 rings (SSSR count). The van der Waals surface area contributed by atoms with E-state index in [1.165, 1.54) is 4.90 Å². The quantitative estimate of drug-likeness (QED) is 0.425. The largest absolute Gasteiger partial charge is 0.418 e. The van der Waals surface area contributed by atoms with Crippen molar-refractivity contribution in [3.63, 3.8) is 0 Å². The van der Waals surface area contributed by atoms with Gasteiger partial charge in [-0.15, -0.1) is 4.28 Å². The van der Waals surface area contributed by atoms with E-state index < -0.39 is 40.5 Å². The van der Waals surface area contributed by atoms with Crippen LogP contribution >= 0.6 is 0 Å². The molecule has 3 fully saturated rings. The number of amides is 3. The average molecular weight is 442 g/mol. The standard InChI is InChI=1S/C16H22N6O7S/c23-14(12-6-11(7-17-12)21-5-1-4-19-21)8-18-15(24)13-3-2-10-9-20(13)16(25)22(10)29-30(26,27)28/h1,4-5,10-13,17H,2-3,6-9H2,(H,18,24)(H,26,27,28)/t10-,11-,12+,13+/m1/s1. The zero-order valence-electron chi connectivity index (χ0n) is 15.9. The van der Waals surface area contributed by atoms with Crippen molar-refractivity contribution in [1.29, 1.82) is 0 Å². The van der Waals surface area contributed by atoms with Crippen LogP contribution in [0.15, 0.2) is 18.5 Å². The van der Waals surface area contributed by atoms with Crippen molar-refractivity contribution in [3.8, 4) is 0 Å². The highest BCUT2D eigenvalue weighted by Gasteiger charge is 2.49. The maximum atomic E-state index is 12.6. The first-order valence-corrected chi connectivity index (χ1v) is 10.9. The van der Waals surface area contributed by atoms with Crippen LogP contribution in [0.1, 0.15) is 25.3 Å². The Hall–Kier alpha value is -2.55. The number of Topliss-reactive ketones (excluding diaryl/α,β-unsaturated/α-hetero) is 1. The number of piperidine rings is 1. The van der Waals surface area contributed by atoms with E-state index in [-0.39, 0.29) is 31.3 Å². The van der Waals surface area contributed by atoms with Crippen molar-refractivity contribution >= 4 is 28.1 Å². The van der Waals surface area contributed by atoms with E-state index in [9.17, 15) is 22.8 Å². The predicted molar refractivity (Wildman–Crippen MR) is 99.1 cm³/mol. The molecule has 14 heteroatoms. The molecule has 0 unspecified atom stereocenters. The van der Waals surface area contributed by atoms with Gasteiger partial charge in [0.2, 0.25) is 5.91 Å². The zero-order valence-corrected chi connectivity index (χ0v) is 16.7. The van der Waals surface area contributed by atoms with Crippen LogP contribution in [-0.4, -0.2) is 88.2 Å². The van der Waals surface area contributed by atoms with Crippen LogP contribution in [0.4, 0.5) is 4.79 Å². The second-order valence-corrected chi connectivity index (χ2v) is 8.54. The lowest BCUT2D eigenvalue weighted by Gasteiger charge is -2.29. The van der Waals surface area contributed by atoms with Gasteiger partial charge in [-0.1, -0.05) is 0 Å². The summed E-state index contributed by atoms with van der Waals surface area (Å²) in [7, 11) is -4.85. The molecule has 164 valence electrons. The fourth-order valence-corrected chi connectivity index (χ4v) is 4.57. The lowest BCUT2D eigenvalue weighted by atomic mass is 10.00. The number of urea groups is 1. The molecule has 0 radical (unpaired) electrons. The van der Waals surface area contributed by atoms with Gasteiger partial charge in [0, 0.05) is 25.5 Å². The third kappa shape index (κ3) is 4.16. The van der Waals surface area contributed by atoms with Gasteiger partial charge in [-0.05, 0) is 25.3 Å². The molecule has 3 aliphatic rings. The van der Waals surface area contributed by atoms with Gasteiger partial charge < -0.3 is 15.5 Å². The Bertz CT molecular complexity index is 936. The molecule has 3 amide bonds. The average Bonchev–Trinajstić information content (AvgIpc) is 3.43. The van der Waals surface area contributed by atoms with E-state index in [0.29, 0.717) is 24.4 Å². The number of hydrogen-bond donors (Lipinski definition) is 3. The first-order chi connectivity index (χ1) is 14.2. The monoisotopic (exact) mass is 442 g/mol. The maximum absolute atomic E-state index is 12.6. The number of nitrogens with one attached hydrogen (secondary N) is 2. The second kappa shape index (κ2) is 7.94. The Labute approximate surface area is 172 Å². The van der Waals surface area contributed by atoms with Gasteiger partial charge in [-0.25, -0.2) is 4.79 Å². The summed E-state index contributed by atoms with van der Waals surface area (Å²) >= 11 is 0. The molecule has 0 saturated carbocycles. The van der Waals surface area contributed by atoms with Gasteiger partial charge in [0.15, 0.2) is 5.78 Å². The normalized spacial score (nSPS) is 28.8. The molecule has 4 atom stereocenters. The van der Waals surface area contributed by atoms with Crippen molar-refractivity contribution < 1.29 is 31.6 Å². The molecule has 2 bridgehead atoms. The highest BCUT2D eigenvalue weighted by molar-refractivity contribution is 7.80. The molecule has 4 heterocycles. The second-order valence-electron chi connectivity index (χ2n) is 7.53. The van der Waals surface area contributed by atoms with Crippen molar-refractivity contribution in [3.05, 3.63) is 18.5 Å². The Kier molecular flexibility index (Phi) is 5.48. The van der Waals surface area contributed by atoms with Gasteiger partial charge >= 0.3 is 16.4 Å². The first-order valence-electron chi connectivity index (χ1n) is 9.52. The van der Waals surface area contributed by atoms with Crippen LogP contribution in [0.3, 0.4) is 0 Å². The zero-order chi connectivity index (χ0) is 21.5. The summed E-state index contributed by atoms with van der Waals surface area (Å²) in [5.41, 5.74) is 0. The minimum absolute atomic E-state index is 0.0657. The third-order valence-corrected chi connectivity index (χ3v) is 5.98. The predicted octanol–water partition coefficient (Wildman–Crippen LogP) is -1.53. The number of aromatic nitrogens is 2. The van der Waals surface area contributed by atoms with E-state index in [0.717, 1.165) is 0 Å². The number of ketones is 1. The van der Waals surface area contributed by atoms with Gasteiger partial charge in [-0.2, -0.15) is 18.6 Å². The molecule has 13 nitrogen and oxygen atoms in total. The number of carbonyl (C=O) groups excluding carboxylic acids is 3. The fraction of sp³-hybridized carbons (Fsp3) is 0.625. The van der Waals surface area contributed by atoms with Crippen LogP contribution in [0.2, 0.25) is 0 Å². The van der Waals surface area contributed by atoms with E-state index in [1.54, 1.807) is 10.9 Å². The summed E-state index contributed by atoms with van der Waals surface area (Å²) in [4.78, 5) is 38.6. The lowest BCUT2D eigenvalue weighted by Crippen LogP contribution is -2.51. The molecule has 0 spiro atoms. The third-order valence-electron chi connectivity index (χ3n) is 5.63. The number of rotatable bonds is 7.